The number of Topliss-reactive ketones (excluding diaryl/α,β-unsaturated/α-hetero) is 1. The molecule has 1 atom stereocenters. The number of hydrogen-bond donors (Lipinski definition) is 1. The van der Waals surface area contributed by atoms with Crippen LogP contribution in [0.1, 0.15) is 51.3 Å². The highest BCUT2D eigenvalue weighted by Gasteiger charge is 2.27. The molecule has 3 rings (SSSR count). The summed E-state index contributed by atoms with van der Waals surface area (Å²) in [5.74, 6) is -1.18. The molecule has 0 unspecified atom stereocenters. The number of nitrogens with zero attached hydrogens (tertiary/aromatic N) is 1. The fraction of sp³-hybridized carbons (Fsp3) is 0.304. The number of carbonyl (C=O) groups excluding carboxylic acids is 3. The fourth-order valence-corrected chi connectivity index (χ4v) is 3.30. The van der Waals surface area contributed by atoms with Crippen LogP contribution in [-0.4, -0.2) is 40.9 Å². The van der Waals surface area contributed by atoms with Crippen molar-refractivity contribution >= 4 is 17.7 Å². The average Bonchev–Trinajstić information content (AvgIpc) is 3.36. The topological polar surface area (TPSA) is 111 Å². The van der Waals surface area contributed by atoms with Crippen molar-refractivity contribution in [3.8, 4) is 11.3 Å². The zero-order valence-corrected chi connectivity index (χ0v) is 18.2. The Kier molecular flexibility index (Phi) is 6.87. The Bertz CT molecular complexity index is 1150. The van der Waals surface area contributed by atoms with Gasteiger partial charge < -0.3 is 18.9 Å². The number of aromatic amines is 1. The third-order valence-corrected chi connectivity index (χ3v) is 4.98. The zero-order valence-electron chi connectivity index (χ0n) is 18.2. The molecule has 0 spiro atoms. The highest BCUT2D eigenvalue weighted by molar-refractivity contribution is 6.03. The number of H-pyrrole nitrogens is 1. The number of aryl methyl sites for hydroxylation is 2. The van der Waals surface area contributed by atoms with Crippen molar-refractivity contribution in [1.29, 1.82) is 0 Å². The maximum Gasteiger partial charge on any atom is 0.339 e. The summed E-state index contributed by atoms with van der Waals surface area (Å²) in [6, 6.07) is 5.76. The lowest BCUT2D eigenvalue weighted by molar-refractivity contribution is -0.146. The van der Waals surface area contributed by atoms with Gasteiger partial charge in [-0.2, -0.15) is 0 Å². The van der Waals surface area contributed by atoms with Crippen molar-refractivity contribution in [2.75, 3.05) is 7.11 Å². The van der Waals surface area contributed by atoms with E-state index in [1.54, 1.807) is 26.0 Å². The summed E-state index contributed by atoms with van der Waals surface area (Å²) in [6.45, 7) is 4.74. The number of esters is 2. The predicted octanol–water partition coefficient (Wildman–Crippen LogP) is 3.96. The lowest BCUT2D eigenvalue weighted by Gasteiger charge is -2.12. The number of methoxy groups -OCH3 is 1. The van der Waals surface area contributed by atoms with E-state index in [2.05, 4.69) is 9.97 Å². The average molecular weight is 442 g/mol. The van der Waals surface area contributed by atoms with Gasteiger partial charge in [-0.3, -0.25) is 9.59 Å². The highest BCUT2D eigenvalue weighted by atomic mass is 19.1. The molecule has 1 N–H and O–H groups in total. The van der Waals surface area contributed by atoms with Gasteiger partial charge in [0.15, 0.2) is 17.8 Å². The quantitative estimate of drug-likeness (QED) is 0.415. The van der Waals surface area contributed by atoms with Gasteiger partial charge in [-0.1, -0.05) is 0 Å². The Morgan fingerprint density at radius 3 is 2.53 bits per heavy atom. The van der Waals surface area contributed by atoms with Crippen LogP contribution in [0.15, 0.2) is 34.9 Å². The summed E-state index contributed by atoms with van der Waals surface area (Å²) in [6.07, 6.45) is 0.574. The van der Waals surface area contributed by atoms with Crippen LogP contribution in [0.3, 0.4) is 0 Å². The molecule has 0 aliphatic heterocycles. The second-order valence-corrected chi connectivity index (χ2v) is 7.24. The van der Waals surface area contributed by atoms with E-state index < -0.39 is 23.8 Å². The van der Waals surface area contributed by atoms with Gasteiger partial charge in [-0.05, 0) is 50.6 Å². The van der Waals surface area contributed by atoms with E-state index in [-0.39, 0.29) is 29.9 Å². The lowest BCUT2D eigenvalue weighted by atomic mass is 10.1. The molecule has 0 saturated heterocycles. The van der Waals surface area contributed by atoms with Gasteiger partial charge in [-0.15, -0.1) is 0 Å². The molecule has 0 amide bonds. The maximum atomic E-state index is 13.0. The van der Waals surface area contributed by atoms with E-state index >= 15 is 0 Å². The van der Waals surface area contributed by atoms with Crippen LogP contribution in [0.2, 0.25) is 0 Å². The zero-order chi connectivity index (χ0) is 23.4. The Balaban J connectivity index is 1.58. The van der Waals surface area contributed by atoms with Crippen molar-refractivity contribution in [1.82, 2.24) is 9.97 Å². The first-order chi connectivity index (χ1) is 15.2. The summed E-state index contributed by atoms with van der Waals surface area (Å²) in [4.78, 5) is 43.8. The molecular weight excluding hydrogens is 419 g/mol. The van der Waals surface area contributed by atoms with Gasteiger partial charge in [0.05, 0.1) is 31.0 Å². The number of benzene rings is 1. The number of rotatable bonds is 8. The number of halogens is 1. The standard InChI is InChI=1S/C23H23FN2O6/c1-12-20(23(29)30-4)13(2)26-21(12)22(28)14(3)31-19(27)10-9-18-25-11-17(32-18)15-5-7-16(24)8-6-15/h5-8,11,14,26H,9-10H2,1-4H3/t14-/m1/s1. The van der Waals surface area contributed by atoms with E-state index in [4.69, 9.17) is 13.9 Å². The number of hydrogen-bond acceptors (Lipinski definition) is 7. The number of ether oxygens (including phenoxy) is 2. The van der Waals surface area contributed by atoms with Gasteiger partial charge in [-0.25, -0.2) is 14.2 Å². The first-order valence-electron chi connectivity index (χ1n) is 9.93. The van der Waals surface area contributed by atoms with Crippen LogP contribution in [-0.2, 0) is 20.7 Å². The first-order valence-corrected chi connectivity index (χ1v) is 9.93. The third kappa shape index (κ3) is 4.93. The number of nitrogens with one attached hydrogen (secondary N) is 1. The second kappa shape index (κ2) is 9.59. The molecular formula is C23H23FN2O6. The minimum absolute atomic E-state index is 0.0445. The Labute approximate surface area is 183 Å². The SMILES string of the molecule is COC(=O)c1c(C)[nH]c(C(=O)[C@@H](C)OC(=O)CCc2ncc(-c3ccc(F)cc3)o2)c1C. The molecule has 9 heteroatoms. The maximum absolute atomic E-state index is 13.0. The number of aromatic nitrogens is 2. The number of ketones is 1. The van der Waals surface area contributed by atoms with Crippen molar-refractivity contribution < 1.29 is 32.7 Å². The molecule has 0 radical (unpaired) electrons. The summed E-state index contributed by atoms with van der Waals surface area (Å²) >= 11 is 0. The van der Waals surface area contributed by atoms with Gasteiger partial charge >= 0.3 is 11.9 Å². The van der Waals surface area contributed by atoms with Gasteiger partial charge in [0.1, 0.15) is 5.82 Å². The van der Waals surface area contributed by atoms with E-state index in [1.165, 1.54) is 32.4 Å². The third-order valence-electron chi connectivity index (χ3n) is 4.98. The van der Waals surface area contributed by atoms with Gasteiger partial charge in [0.2, 0.25) is 5.78 Å². The minimum Gasteiger partial charge on any atom is -0.465 e. The molecule has 2 aromatic heterocycles. The molecule has 1 aromatic carbocycles. The summed E-state index contributed by atoms with van der Waals surface area (Å²) in [5.41, 5.74) is 2.08. The molecule has 168 valence electrons. The summed E-state index contributed by atoms with van der Waals surface area (Å²) < 4.78 is 28.6. The summed E-state index contributed by atoms with van der Waals surface area (Å²) in [7, 11) is 1.26. The Morgan fingerprint density at radius 1 is 1.19 bits per heavy atom. The van der Waals surface area contributed by atoms with Crippen LogP contribution in [0.4, 0.5) is 4.39 Å². The highest BCUT2D eigenvalue weighted by Crippen LogP contribution is 2.22. The van der Waals surface area contributed by atoms with Crippen LogP contribution < -0.4 is 0 Å². The largest absolute Gasteiger partial charge is 0.465 e. The Hall–Kier alpha value is -3.75. The monoisotopic (exact) mass is 442 g/mol. The van der Waals surface area contributed by atoms with Crippen molar-refractivity contribution in [3.63, 3.8) is 0 Å². The minimum atomic E-state index is -1.05. The van der Waals surface area contributed by atoms with Crippen molar-refractivity contribution in [2.45, 2.75) is 39.7 Å². The van der Waals surface area contributed by atoms with E-state index in [0.29, 0.717) is 28.5 Å². The molecule has 32 heavy (non-hydrogen) atoms. The van der Waals surface area contributed by atoms with E-state index in [1.807, 2.05) is 0 Å². The number of oxazole rings is 1. The Morgan fingerprint density at radius 2 is 1.88 bits per heavy atom. The molecule has 0 saturated carbocycles. The number of carbonyl (C=O) groups is 3. The molecule has 8 nitrogen and oxygen atoms in total. The van der Waals surface area contributed by atoms with E-state index in [9.17, 15) is 18.8 Å². The van der Waals surface area contributed by atoms with E-state index in [0.717, 1.165) is 0 Å². The first kappa shape index (κ1) is 22.9. The van der Waals surface area contributed by atoms with Crippen LogP contribution in [0.5, 0.6) is 0 Å². The lowest BCUT2D eigenvalue weighted by Crippen LogP contribution is -2.25. The molecule has 3 aromatic rings. The van der Waals surface area contributed by atoms with Crippen LogP contribution >= 0.6 is 0 Å². The fourth-order valence-electron chi connectivity index (χ4n) is 3.30. The van der Waals surface area contributed by atoms with Crippen molar-refractivity contribution in [3.05, 3.63) is 64.7 Å². The van der Waals surface area contributed by atoms with Gasteiger partial charge in [0.25, 0.3) is 0 Å². The van der Waals surface area contributed by atoms with Crippen LogP contribution in [0.25, 0.3) is 11.3 Å². The predicted molar refractivity (Wildman–Crippen MR) is 112 cm³/mol. The molecule has 0 aliphatic carbocycles. The molecule has 0 bridgehead atoms. The normalized spacial score (nSPS) is 11.8. The van der Waals surface area contributed by atoms with Gasteiger partial charge in [0, 0.05) is 17.7 Å². The molecule has 0 aliphatic rings. The summed E-state index contributed by atoms with van der Waals surface area (Å²) in [5, 5.41) is 0. The van der Waals surface area contributed by atoms with Crippen LogP contribution in [0, 0.1) is 19.7 Å². The molecule has 0 fully saturated rings. The van der Waals surface area contributed by atoms with Crippen molar-refractivity contribution in [2.24, 2.45) is 0 Å². The smallest absolute Gasteiger partial charge is 0.339 e. The second-order valence-electron chi connectivity index (χ2n) is 7.24. The molecule has 2 heterocycles.